The predicted octanol–water partition coefficient (Wildman–Crippen LogP) is 2.11. The fourth-order valence-electron chi connectivity index (χ4n) is 1.09. The molecule has 1 fully saturated rings. The summed E-state index contributed by atoms with van der Waals surface area (Å²) in [7, 11) is 0. The van der Waals surface area contributed by atoms with Crippen molar-refractivity contribution in [1.82, 2.24) is 5.32 Å². The number of unbranched alkanes of at least 4 members (excludes halogenated alkanes) is 1. The van der Waals surface area contributed by atoms with Crippen molar-refractivity contribution in [2.45, 2.75) is 38.6 Å². The highest BCUT2D eigenvalue weighted by atomic mass is 16.5. The van der Waals surface area contributed by atoms with E-state index in [-0.39, 0.29) is 0 Å². The molecule has 1 aliphatic rings. The molecule has 0 amide bonds. The minimum atomic E-state index is 0.722. The van der Waals surface area contributed by atoms with Crippen LogP contribution in [0.5, 0.6) is 0 Å². The van der Waals surface area contributed by atoms with Crippen molar-refractivity contribution in [3.63, 3.8) is 0 Å². The molecule has 0 saturated heterocycles. The Balaban J connectivity index is 1.84. The van der Waals surface area contributed by atoms with Crippen LogP contribution in [0.15, 0.2) is 12.2 Å². The van der Waals surface area contributed by atoms with E-state index in [0.29, 0.717) is 0 Å². The van der Waals surface area contributed by atoms with Crippen LogP contribution in [0.25, 0.3) is 0 Å². The van der Waals surface area contributed by atoms with Crippen molar-refractivity contribution in [2.75, 3.05) is 19.8 Å². The molecule has 1 rings (SSSR count). The average molecular weight is 183 g/mol. The van der Waals surface area contributed by atoms with Gasteiger partial charge in [0.25, 0.3) is 0 Å². The Bertz CT molecular complexity index is 152. The molecule has 2 nitrogen and oxygen atoms in total. The monoisotopic (exact) mass is 183 g/mol. The second kappa shape index (κ2) is 6.17. The molecule has 13 heavy (non-hydrogen) atoms. The van der Waals surface area contributed by atoms with Gasteiger partial charge in [0.2, 0.25) is 0 Å². The smallest absolute Gasteiger partial charge is 0.0686 e. The third-order valence-electron chi connectivity index (χ3n) is 2.17. The van der Waals surface area contributed by atoms with Gasteiger partial charge in [-0.15, -0.1) is 0 Å². The van der Waals surface area contributed by atoms with Gasteiger partial charge in [-0.1, -0.05) is 19.9 Å². The molecule has 0 radical (unpaired) electrons. The van der Waals surface area contributed by atoms with Gasteiger partial charge >= 0.3 is 0 Å². The van der Waals surface area contributed by atoms with E-state index in [9.17, 15) is 0 Å². The third-order valence-corrected chi connectivity index (χ3v) is 2.17. The van der Waals surface area contributed by atoms with Crippen molar-refractivity contribution < 1.29 is 4.74 Å². The van der Waals surface area contributed by atoms with E-state index < -0.39 is 0 Å². The summed E-state index contributed by atoms with van der Waals surface area (Å²) in [5.41, 5.74) is 1.17. The van der Waals surface area contributed by atoms with Gasteiger partial charge in [-0.05, 0) is 24.8 Å². The maximum atomic E-state index is 5.45. The summed E-state index contributed by atoms with van der Waals surface area (Å²) >= 11 is 0. The van der Waals surface area contributed by atoms with E-state index in [1.807, 2.05) is 0 Å². The Morgan fingerprint density at radius 2 is 2.31 bits per heavy atom. The molecular weight excluding hydrogens is 162 g/mol. The molecule has 0 spiro atoms. The molecule has 0 bridgehead atoms. The zero-order valence-electron chi connectivity index (χ0n) is 8.64. The van der Waals surface area contributed by atoms with Crippen LogP contribution in [0.3, 0.4) is 0 Å². The number of ether oxygens (including phenoxy) is 1. The van der Waals surface area contributed by atoms with Gasteiger partial charge in [-0.2, -0.15) is 0 Å². The normalized spacial score (nSPS) is 16.1. The summed E-state index contributed by atoms with van der Waals surface area (Å²) in [4.78, 5) is 0. The lowest BCUT2D eigenvalue weighted by Crippen LogP contribution is -2.20. The second-order valence-electron chi connectivity index (χ2n) is 3.81. The van der Waals surface area contributed by atoms with Gasteiger partial charge in [-0.3, -0.25) is 0 Å². The summed E-state index contributed by atoms with van der Waals surface area (Å²) in [6, 6.07) is 0.771. The Morgan fingerprint density at radius 1 is 1.54 bits per heavy atom. The molecule has 0 atom stereocenters. The van der Waals surface area contributed by atoms with Crippen molar-refractivity contribution in [2.24, 2.45) is 0 Å². The summed E-state index contributed by atoms with van der Waals surface area (Å²) in [5.74, 6) is 0. The zero-order valence-corrected chi connectivity index (χ0v) is 8.64. The molecule has 1 saturated carbocycles. The summed E-state index contributed by atoms with van der Waals surface area (Å²) < 4.78 is 5.45. The quantitative estimate of drug-likeness (QED) is 0.459. The van der Waals surface area contributed by atoms with Gasteiger partial charge in [0.05, 0.1) is 6.61 Å². The zero-order chi connectivity index (χ0) is 9.52. The topological polar surface area (TPSA) is 21.3 Å². The fraction of sp³-hybridized carbons (Fsp3) is 0.818. The van der Waals surface area contributed by atoms with Crippen molar-refractivity contribution in [3.05, 3.63) is 12.2 Å². The Labute approximate surface area is 81.4 Å². The number of rotatable bonds is 8. The lowest BCUT2D eigenvalue weighted by Gasteiger charge is -2.07. The molecule has 0 aromatic rings. The number of hydrogen-bond acceptors (Lipinski definition) is 2. The van der Waals surface area contributed by atoms with Crippen LogP contribution in [0, 0.1) is 0 Å². The van der Waals surface area contributed by atoms with E-state index >= 15 is 0 Å². The molecule has 76 valence electrons. The van der Waals surface area contributed by atoms with Crippen LogP contribution in [0.1, 0.15) is 32.6 Å². The fourth-order valence-corrected chi connectivity index (χ4v) is 1.09. The van der Waals surface area contributed by atoms with Crippen LogP contribution in [0.4, 0.5) is 0 Å². The van der Waals surface area contributed by atoms with Crippen molar-refractivity contribution >= 4 is 0 Å². The van der Waals surface area contributed by atoms with Crippen LogP contribution < -0.4 is 5.32 Å². The molecule has 1 N–H and O–H groups in total. The lowest BCUT2D eigenvalue weighted by atomic mass is 10.3. The molecule has 1 aliphatic carbocycles. The first-order valence-corrected chi connectivity index (χ1v) is 5.30. The van der Waals surface area contributed by atoms with Crippen molar-refractivity contribution in [3.8, 4) is 0 Å². The summed E-state index contributed by atoms with van der Waals surface area (Å²) in [6.07, 6.45) is 5.03. The predicted molar refractivity (Wildman–Crippen MR) is 55.9 cm³/mol. The number of hydrogen-bond donors (Lipinski definition) is 1. The largest absolute Gasteiger partial charge is 0.377 e. The second-order valence-corrected chi connectivity index (χ2v) is 3.81. The highest BCUT2D eigenvalue weighted by Gasteiger charge is 2.19. The molecule has 2 heteroatoms. The third kappa shape index (κ3) is 5.83. The van der Waals surface area contributed by atoms with E-state index in [1.54, 1.807) is 0 Å². The Morgan fingerprint density at radius 3 is 2.92 bits per heavy atom. The van der Waals surface area contributed by atoms with Gasteiger partial charge in [0.15, 0.2) is 0 Å². The lowest BCUT2D eigenvalue weighted by molar-refractivity contribution is 0.151. The standard InChI is InChI=1S/C11H21NO/c1-3-4-7-13-9-10(2)8-12-11-5-6-11/h11-12H,2-9H2,1H3. The maximum Gasteiger partial charge on any atom is 0.0686 e. The Kier molecular flexibility index (Phi) is 5.09. The van der Waals surface area contributed by atoms with E-state index in [4.69, 9.17) is 4.74 Å². The SMILES string of the molecule is C=C(CNC1CC1)COCCCC. The first-order valence-electron chi connectivity index (χ1n) is 5.30. The number of nitrogens with one attached hydrogen (secondary N) is 1. The molecule has 0 unspecified atom stereocenters. The van der Waals surface area contributed by atoms with Gasteiger partial charge in [0, 0.05) is 19.2 Å². The van der Waals surface area contributed by atoms with E-state index in [0.717, 1.165) is 32.2 Å². The Hall–Kier alpha value is -0.340. The molecule has 0 aromatic heterocycles. The maximum absolute atomic E-state index is 5.45. The minimum Gasteiger partial charge on any atom is -0.377 e. The van der Waals surface area contributed by atoms with Gasteiger partial charge in [0.1, 0.15) is 0 Å². The molecule has 0 aromatic carbocycles. The first-order chi connectivity index (χ1) is 6.33. The molecule has 0 aliphatic heterocycles. The highest BCUT2D eigenvalue weighted by molar-refractivity contribution is 4.99. The highest BCUT2D eigenvalue weighted by Crippen LogP contribution is 2.18. The molecular formula is C11H21NO. The average Bonchev–Trinajstić information content (AvgIpc) is 2.92. The van der Waals surface area contributed by atoms with Crippen molar-refractivity contribution in [1.29, 1.82) is 0 Å². The minimum absolute atomic E-state index is 0.722. The van der Waals surface area contributed by atoms with Crippen LogP contribution in [-0.4, -0.2) is 25.8 Å². The van der Waals surface area contributed by atoms with E-state index in [2.05, 4.69) is 18.8 Å². The first kappa shape index (κ1) is 10.7. The van der Waals surface area contributed by atoms with Crippen LogP contribution >= 0.6 is 0 Å². The van der Waals surface area contributed by atoms with E-state index in [1.165, 1.54) is 24.8 Å². The molecule has 0 heterocycles. The van der Waals surface area contributed by atoms with Gasteiger partial charge < -0.3 is 10.1 Å². The van der Waals surface area contributed by atoms with Crippen LogP contribution in [0.2, 0.25) is 0 Å². The van der Waals surface area contributed by atoms with Crippen LogP contribution in [-0.2, 0) is 4.74 Å². The van der Waals surface area contributed by atoms with Gasteiger partial charge in [-0.25, -0.2) is 0 Å². The summed E-state index contributed by atoms with van der Waals surface area (Å²) in [5, 5.41) is 3.42. The summed E-state index contributed by atoms with van der Waals surface area (Å²) in [6.45, 7) is 8.66.